The van der Waals surface area contributed by atoms with Crippen LogP contribution in [0.3, 0.4) is 0 Å². The van der Waals surface area contributed by atoms with Crippen LogP contribution in [0.25, 0.3) is 11.1 Å². The van der Waals surface area contributed by atoms with Crippen LogP contribution in [0.4, 0.5) is 0 Å². The molecule has 0 spiro atoms. The number of benzene rings is 4. The summed E-state index contributed by atoms with van der Waals surface area (Å²) < 4.78 is 2.52. The van der Waals surface area contributed by atoms with E-state index in [9.17, 15) is 0 Å². The first-order valence-corrected chi connectivity index (χ1v) is 13.5. The third-order valence-corrected chi connectivity index (χ3v) is 8.28. The molecule has 1 aromatic heterocycles. The third-order valence-electron chi connectivity index (χ3n) is 5.65. The SMILES string of the molecule is C(=NCc1ccccc1)C(c1ccccc1)=c1sc(=C(C=NCc2ccccc2)c2ccccc2)s1. The minimum Gasteiger partial charge on any atom is -0.288 e. The molecular formula is C32H26N2S2. The lowest BCUT2D eigenvalue weighted by atomic mass is 10.1. The van der Waals surface area contributed by atoms with E-state index >= 15 is 0 Å². The van der Waals surface area contributed by atoms with Gasteiger partial charge in [0.1, 0.15) is 0 Å². The summed E-state index contributed by atoms with van der Waals surface area (Å²) >= 11 is 3.62. The Labute approximate surface area is 220 Å². The molecule has 1 heterocycles. The lowest BCUT2D eigenvalue weighted by Crippen LogP contribution is -2.18. The molecule has 0 amide bonds. The maximum absolute atomic E-state index is 4.78. The standard InChI is InChI=1S/C32H26N2S2/c1-5-13-25(14-6-1)21-33-23-29(27-17-9-3-10-18-27)31-35-32(36-31)30(28-19-11-4-12-20-28)24-34-22-26-15-7-2-8-16-26/h1-20,23-24H,21-22H2. The smallest absolute Gasteiger partial charge is 0.0915 e. The molecular weight excluding hydrogens is 477 g/mol. The van der Waals surface area contributed by atoms with E-state index in [0.717, 1.165) is 0 Å². The van der Waals surface area contributed by atoms with Gasteiger partial charge < -0.3 is 0 Å². The van der Waals surface area contributed by atoms with Crippen molar-refractivity contribution in [2.24, 2.45) is 9.98 Å². The van der Waals surface area contributed by atoms with E-state index in [4.69, 9.17) is 9.98 Å². The Morgan fingerprint density at radius 1 is 0.472 bits per heavy atom. The molecule has 0 aliphatic heterocycles. The van der Waals surface area contributed by atoms with Crippen molar-refractivity contribution in [2.45, 2.75) is 13.1 Å². The van der Waals surface area contributed by atoms with Crippen LogP contribution in [0.15, 0.2) is 131 Å². The summed E-state index contributed by atoms with van der Waals surface area (Å²) in [7, 11) is 0. The van der Waals surface area contributed by atoms with Crippen molar-refractivity contribution in [3.05, 3.63) is 151 Å². The van der Waals surface area contributed by atoms with Crippen molar-refractivity contribution in [1.82, 2.24) is 0 Å². The van der Waals surface area contributed by atoms with Crippen LogP contribution in [0.1, 0.15) is 22.3 Å². The van der Waals surface area contributed by atoms with Crippen LogP contribution in [0, 0.1) is 0 Å². The molecule has 4 aromatic carbocycles. The lowest BCUT2D eigenvalue weighted by molar-refractivity contribution is 1.08. The maximum atomic E-state index is 4.78. The van der Waals surface area contributed by atoms with Crippen LogP contribution in [-0.2, 0) is 13.1 Å². The molecule has 0 N–H and O–H groups in total. The van der Waals surface area contributed by atoms with E-state index in [-0.39, 0.29) is 0 Å². The zero-order valence-electron chi connectivity index (χ0n) is 19.8. The minimum absolute atomic E-state index is 0.671. The lowest BCUT2D eigenvalue weighted by Gasteiger charge is -2.07. The van der Waals surface area contributed by atoms with Gasteiger partial charge in [-0.15, -0.1) is 22.7 Å². The van der Waals surface area contributed by atoms with Crippen LogP contribution in [-0.4, -0.2) is 12.4 Å². The summed E-state index contributed by atoms with van der Waals surface area (Å²) in [5.41, 5.74) is 7.12. The van der Waals surface area contributed by atoms with Crippen LogP contribution >= 0.6 is 22.7 Å². The van der Waals surface area contributed by atoms with Gasteiger partial charge in [-0.1, -0.05) is 121 Å². The number of hydrogen-bond acceptors (Lipinski definition) is 4. The van der Waals surface area contributed by atoms with Crippen molar-refractivity contribution < 1.29 is 0 Å². The number of nitrogens with zero attached hydrogens (tertiary/aromatic N) is 2. The van der Waals surface area contributed by atoms with E-state index in [1.807, 2.05) is 47.2 Å². The molecule has 0 unspecified atom stereocenters. The van der Waals surface area contributed by atoms with E-state index in [1.54, 1.807) is 0 Å². The van der Waals surface area contributed by atoms with Crippen molar-refractivity contribution in [1.29, 1.82) is 0 Å². The summed E-state index contributed by atoms with van der Waals surface area (Å²) in [4.78, 5) is 9.56. The van der Waals surface area contributed by atoms with Gasteiger partial charge in [0.15, 0.2) is 0 Å². The first-order chi connectivity index (χ1) is 17.9. The second-order valence-electron chi connectivity index (χ2n) is 8.25. The zero-order valence-corrected chi connectivity index (χ0v) is 21.5. The van der Waals surface area contributed by atoms with Gasteiger partial charge >= 0.3 is 0 Å². The topological polar surface area (TPSA) is 24.7 Å². The Kier molecular flexibility index (Phi) is 8.09. The highest BCUT2D eigenvalue weighted by atomic mass is 32.2. The molecule has 0 aliphatic carbocycles. The third kappa shape index (κ3) is 6.22. The predicted molar refractivity (Wildman–Crippen MR) is 157 cm³/mol. The minimum atomic E-state index is 0.671. The quantitative estimate of drug-likeness (QED) is 0.210. The van der Waals surface area contributed by atoms with Crippen molar-refractivity contribution in [2.75, 3.05) is 0 Å². The molecule has 36 heavy (non-hydrogen) atoms. The predicted octanol–water partition coefficient (Wildman–Crippen LogP) is 6.75. The highest BCUT2D eigenvalue weighted by molar-refractivity contribution is 7.36. The summed E-state index contributed by atoms with van der Waals surface area (Å²) in [5, 5.41) is 0. The normalized spacial score (nSPS) is 11.3. The van der Waals surface area contributed by atoms with Gasteiger partial charge in [-0.2, -0.15) is 0 Å². The van der Waals surface area contributed by atoms with E-state index < -0.39 is 0 Å². The number of aliphatic imine (C=N–C) groups is 2. The van der Waals surface area contributed by atoms with Gasteiger partial charge in [0.2, 0.25) is 0 Å². The Hall–Kier alpha value is -3.86. The molecule has 5 rings (SSSR count). The average molecular weight is 503 g/mol. The van der Waals surface area contributed by atoms with E-state index in [0.29, 0.717) is 13.1 Å². The fraction of sp³-hybridized carbons (Fsp3) is 0.0625. The fourth-order valence-electron chi connectivity index (χ4n) is 3.77. The van der Waals surface area contributed by atoms with Crippen LogP contribution in [0.5, 0.6) is 0 Å². The molecule has 0 fully saturated rings. The first-order valence-electron chi connectivity index (χ1n) is 11.9. The molecule has 0 radical (unpaired) electrons. The fourth-order valence-corrected chi connectivity index (χ4v) is 6.00. The highest BCUT2D eigenvalue weighted by Crippen LogP contribution is 2.15. The van der Waals surface area contributed by atoms with Gasteiger partial charge in [0.25, 0.3) is 0 Å². The Morgan fingerprint density at radius 2 is 0.806 bits per heavy atom. The number of rotatable bonds is 8. The zero-order chi connectivity index (χ0) is 24.4. The Bertz CT molecular complexity index is 1410. The van der Waals surface area contributed by atoms with Crippen LogP contribution in [0.2, 0.25) is 0 Å². The van der Waals surface area contributed by atoms with Crippen molar-refractivity contribution in [3.8, 4) is 0 Å². The first kappa shape index (κ1) is 23.9. The summed E-state index contributed by atoms with van der Waals surface area (Å²) in [6, 6.07) is 41.8. The highest BCUT2D eigenvalue weighted by Gasteiger charge is 2.08. The molecule has 0 bridgehead atoms. The van der Waals surface area contributed by atoms with Gasteiger partial charge in [0, 0.05) is 23.6 Å². The van der Waals surface area contributed by atoms with E-state index in [1.165, 1.54) is 41.1 Å². The molecule has 5 aromatic rings. The second-order valence-corrected chi connectivity index (χ2v) is 10.8. The molecule has 0 atom stereocenters. The molecule has 4 heteroatoms. The molecule has 2 nitrogen and oxygen atoms in total. The van der Waals surface area contributed by atoms with E-state index in [2.05, 4.69) is 109 Å². The Morgan fingerprint density at radius 3 is 1.17 bits per heavy atom. The Balaban J connectivity index is 1.52. The summed E-state index contributed by atoms with van der Waals surface area (Å²) in [5.74, 6) is 0. The molecule has 0 saturated heterocycles. The van der Waals surface area contributed by atoms with Crippen molar-refractivity contribution >= 4 is 46.2 Å². The molecule has 0 saturated carbocycles. The number of hydrogen-bond donors (Lipinski definition) is 0. The monoisotopic (exact) mass is 502 g/mol. The summed E-state index contributed by atoms with van der Waals surface area (Å²) in [6.45, 7) is 1.34. The van der Waals surface area contributed by atoms with Crippen LogP contribution < -0.4 is 7.69 Å². The van der Waals surface area contributed by atoms with Gasteiger partial charge in [-0.25, -0.2) is 0 Å². The molecule has 0 aliphatic rings. The van der Waals surface area contributed by atoms with Gasteiger partial charge in [0.05, 0.1) is 20.8 Å². The van der Waals surface area contributed by atoms with Crippen molar-refractivity contribution in [3.63, 3.8) is 0 Å². The summed E-state index contributed by atoms with van der Waals surface area (Å²) in [6.07, 6.45) is 4.06. The van der Waals surface area contributed by atoms with Gasteiger partial charge in [-0.05, 0) is 22.3 Å². The maximum Gasteiger partial charge on any atom is 0.0915 e. The largest absolute Gasteiger partial charge is 0.288 e. The average Bonchev–Trinajstić information content (AvgIpc) is 2.92. The second kappa shape index (κ2) is 12.2. The van der Waals surface area contributed by atoms with Gasteiger partial charge in [-0.3, -0.25) is 9.98 Å². The molecule has 176 valence electrons.